The first-order valence-corrected chi connectivity index (χ1v) is 16.5. The maximum absolute atomic E-state index is 2.42. The highest BCUT2D eigenvalue weighted by atomic mass is 32.1. The normalized spacial score (nSPS) is 11.5. The average Bonchev–Trinajstić information content (AvgIpc) is 3.50. The molecule has 0 aliphatic heterocycles. The van der Waals surface area contributed by atoms with Gasteiger partial charge in [-0.1, -0.05) is 133 Å². The van der Waals surface area contributed by atoms with Crippen LogP contribution in [0.5, 0.6) is 0 Å². The predicted octanol–water partition coefficient (Wildman–Crippen LogP) is 13.2. The van der Waals surface area contributed by atoms with Gasteiger partial charge in [-0.25, -0.2) is 0 Å². The van der Waals surface area contributed by atoms with Crippen molar-refractivity contribution in [3.05, 3.63) is 176 Å². The largest absolute Gasteiger partial charge is 0.310 e. The van der Waals surface area contributed by atoms with Crippen LogP contribution in [0.15, 0.2) is 176 Å². The minimum absolute atomic E-state index is 1.12. The van der Waals surface area contributed by atoms with Gasteiger partial charge in [0.15, 0.2) is 0 Å². The molecule has 0 aliphatic rings. The Balaban J connectivity index is 1.30. The lowest BCUT2D eigenvalue weighted by Gasteiger charge is -2.27. The van der Waals surface area contributed by atoms with Crippen molar-refractivity contribution < 1.29 is 0 Å². The Hall–Kier alpha value is -5.70. The fourth-order valence-electron chi connectivity index (χ4n) is 6.83. The standard InChI is InChI=1S/C44H29NS/c1-3-11-30(12-4-1)38-25-23-35(28-41(38)31-13-5-2-6-14-31)45(36-24-26-40-39-17-9-10-18-43(39)46-44(40)29-36)34-22-21-33-20-19-32-15-7-8-16-37(32)42(33)27-34/h1-29H. The second-order valence-electron chi connectivity index (χ2n) is 11.8. The Morgan fingerprint density at radius 3 is 1.67 bits per heavy atom. The second kappa shape index (κ2) is 11.0. The monoisotopic (exact) mass is 603 g/mol. The Morgan fingerprint density at radius 1 is 0.326 bits per heavy atom. The summed E-state index contributed by atoms with van der Waals surface area (Å²) in [6.07, 6.45) is 0. The summed E-state index contributed by atoms with van der Waals surface area (Å²) >= 11 is 1.86. The summed E-state index contributed by atoms with van der Waals surface area (Å²) < 4.78 is 2.61. The molecule has 0 N–H and O–H groups in total. The molecule has 1 aromatic heterocycles. The molecule has 2 heteroatoms. The van der Waals surface area contributed by atoms with Crippen LogP contribution in [-0.2, 0) is 0 Å². The summed E-state index contributed by atoms with van der Waals surface area (Å²) in [6.45, 7) is 0. The second-order valence-corrected chi connectivity index (χ2v) is 12.9. The molecule has 1 nitrogen and oxygen atoms in total. The zero-order valence-corrected chi connectivity index (χ0v) is 25.9. The molecular weight excluding hydrogens is 575 g/mol. The molecule has 0 amide bonds. The van der Waals surface area contributed by atoms with Gasteiger partial charge in [0.2, 0.25) is 0 Å². The van der Waals surface area contributed by atoms with Gasteiger partial charge in [-0.05, 0) is 86.3 Å². The summed E-state index contributed by atoms with van der Waals surface area (Å²) in [5, 5.41) is 7.64. The van der Waals surface area contributed by atoms with E-state index in [2.05, 4.69) is 181 Å². The Kier molecular flexibility index (Phi) is 6.40. The van der Waals surface area contributed by atoms with E-state index < -0.39 is 0 Å². The summed E-state index contributed by atoms with van der Waals surface area (Å²) in [7, 11) is 0. The highest BCUT2D eigenvalue weighted by Gasteiger charge is 2.18. The van der Waals surface area contributed by atoms with E-state index in [1.807, 2.05) is 11.3 Å². The molecule has 0 aliphatic carbocycles. The van der Waals surface area contributed by atoms with Crippen molar-refractivity contribution in [1.82, 2.24) is 0 Å². The summed E-state index contributed by atoms with van der Waals surface area (Å²) in [4.78, 5) is 2.42. The molecule has 46 heavy (non-hydrogen) atoms. The van der Waals surface area contributed by atoms with Crippen LogP contribution in [0.2, 0.25) is 0 Å². The van der Waals surface area contributed by atoms with Gasteiger partial charge in [0, 0.05) is 37.2 Å². The molecule has 0 radical (unpaired) electrons. The fourth-order valence-corrected chi connectivity index (χ4v) is 7.97. The highest BCUT2D eigenvalue weighted by molar-refractivity contribution is 7.25. The van der Waals surface area contributed by atoms with Crippen molar-refractivity contribution >= 4 is 70.1 Å². The lowest BCUT2D eigenvalue weighted by Crippen LogP contribution is -2.10. The lowest BCUT2D eigenvalue weighted by atomic mass is 9.93. The van der Waals surface area contributed by atoms with Crippen molar-refractivity contribution in [2.45, 2.75) is 0 Å². The van der Waals surface area contributed by atoms with E-state index in [9.17, 15) is 0 Å². The van der Waals surface area contributed by atoms with Crippen molar-refractivity contribution in [2.24, 2.45) is 0 Å². The summed E-state index contributed by atoms with van der Waals surface area (Å²) in [6, 6.07) is 64.1. The van der Waals surface area contributed by atoms with Crippen molar-refractivity contribution in [1.29, 1.82) is 0 Å². The molecule has 0 fully saturated rings. The molecule has 0 bridgehead atoms. The van der Waals surface area contributed by atoms with Gasteiger partial charge in [-0.15, -0.1) is 11.3 Å². The van der Waals surface area contributed by atoms with Crippen LogP contribution in [0.4, 0.5) is 17.1 Å². The molecule has 0 spiro atoms. The highest BCUT2D eigenvalue weighted by Crippen LogP contribution is 2.44. The predicted molar refractivity (Wildman–Crippen MR) is 200 cm³/mol. The van der Waals surface area contributed by atoms with E-state index in [4.69, 9.17) is 0 Å². The molecule has 0 saturated heterocycles. The van der Waals surface area contributed by atoms with E-state index >= 15 is 0 Å². The lowest BCUT2D eigenvalue weighted by molar-refractivity contribution is 1.30. The van der Waals surface area contributed by atoms with Crippen LogP contribution in [0, 0.1) is 0 Å². The number of hydrogen-bond donors (Lipinski definition) is 0. The van der Waals surface area contributed by atoms with Crippen LogP contribution in [0.3, 0.4) is 0 Å². The topological polar surface area (TPSA) is 3.24 Å². The number of fused-ring (bicyclic) bond motifs is 6. The van der Waals surface area contributed by atoms with Gasteiger partial charge in [0.25, 0.3) is 0 Å². The molecule has 0 unspecified atom stereocenters. The van der Waals surface area contributed by atoms with Gasteiger partial charge >= 0.3 is 0 Å². The molecule has 9 aromatic rings. The number of rotatable bonds is 5. The molecule has 216 valence electrons. The zero-order valence-electron chi connectivity index (χ0n) is 25.1. The first-order valence-electron chi connectivity index (χ1n) is 15.7. The minimum Gasteiger partial charge on any atom is -0.310 e. The van der Waals surface area contributed by atoms with Gasteiger partial charge in [0.05, 0.1) is 0 Å². The first-order chi connectivity index (χ1) is 22.8. The Morgan fingerprint density at radius 2 is 0.870 bits per heavy atom. The number of benzene rings is 8. The van der Waals surface area contributed by atoms with Crippen molar-refractivity contribution in [3.63, 3.8) is 0 Å². The maximum Gasteiger partial charge on any atom is 0.0476 e. The fraction of sp³-hybridized carbons (Fsp3) is 0. The van der Waals surface area contributed by atoms with Crippen molar-refractivity contribution in [2.75, 3.05) is 4.90 Å². The van der Waals surface area contributed by atoms with E-state index in [0.29, 0.717) is 0 Å². The number of nitrogens with zero attached hydrogens (tertiary/aromatic N) is 1. The smallest absolute Gasteiger partial charge is 0.0476 e. The maximum atomic E-state index is 2.42. The molecule has 8 aromatic carbocycles. The number of hydrogen-bond acceptors (Lipinski definition) is 2. The molecule has 0 atom stereocenters. The van der Waals surface area contributed by atoms with Crippen LogP contribution >= 0.6 is 11.3 Å². The zero-order chi connectivity index (χ0) is 30.5. The van der Waals surface area contributed by atoms with E-state index in [1.165, 1.54) is 64.0 Å². The SMILES string of the molecule is c1ccc(-c2ccc(N(c3ccc4c(c3)sc3ccccc34)c3ccc4ccc5ccccc5c4c3)cc2-c2ccccc2)cc1. The van der Waals surface area contributed by atoms with Crippen LogP contribution in [0.25, 0.3) is 64.0 Å². The Labute approximate surface area is 272 Å². The average molecular weight is 604 g/mol. The van der Waals surface area contributed by atoms with Gasteiger partial charge in [-0.2, -0.15) is 0 Å². The quantitative estimate of drug-likeness (QED) is 0.177. The molecule has 9 rings (SSSR count). The van der Waals surface area contributed by atoms with E-state index in [-0.39, 0.29) is 0 Å². The van der Waals surface area contributed by atoms with E-state index in [1.54, 1.807) is 0 Å². The third kappa shape index (κ3) is 4.54. The van der Waals surface area contributed by atoms with Gasteiger partial charge < -0.3 is 4.90 Å². The third-order valence-corrected chi connectivity index (χ3v) is 10.2. The molecule has 0 saturated carbocycles. The van der Waals surface area contributed by atoms with Crippen LogP contribution in [0.1, 0.15) is 0 Å². The van der Waals surface area contributed by atoms with Gasteiger partial charge in [0.1, 0.15) is 0 Å². The summed E-state index contributed by atoms with van der Waals surface area (Å²) in [5.74, 6) is 0. The van der Waals surface area contributed by atoms with Gasteiger partial charge in [-0.3, -0.25) is 0 Å². The van der Waals surface area contributed by atoms with E-state index in [0.717, 1.165) is 17.1 Å². The molecule has 1 heterocycles. The third-order valence-electron chi connectivity index (χ3n) is 9.04. The minimum atomic E-state index is 1.12. The first kappa shape index (κ1) is 26.7. The summed E-state index contributed by atoms with van der Waals surface area (Å²) in [5.41, 5.74) is 8.25. The number of anilines is 3. The van der Waals surface area contributed by atoms with Crippen LogP contribution in [-0.4, -0.2) is 0 Å². The van der Waals surface area contributed by atoms with Crippen molar-refractivity contribution in [3.8, 4) is 22.3 Å². The molecular formula is C44H29NS. The number of thiophene rings is 1. The Bertz CT molecular complexity index is 2530. The van der Waals surface area contributed by atoms with Crippen LogP contribution < -0.4 is 4.90 Å².